The van der Waals surface area contributed by atoms with Gasteiger partial charge in [0.2, 0.25) is 0 Å². The molecule has 0 saturated carbocycles. The minimum atomic E-state index is -0.154. The number of fused-ring (bicyclic) bond motifs is 2. The van der Waals surface area contributed by atoms with Crippen LogP contribution in [0.3, 0.4) is 0 Å². The van der Waals surface area contributed by atoms with Crippen molar-refractivity contribution in [2.45, 2.75) is 91.0 Å². The van der Waals surface area contributed by atoms with Crippen molar-refractivity contribution in [1.82, 2.24) is 10.3 Å². The van der Waals surface area contributed by atoms with Gasteiger partial charge in [0.25, 0.3) is 5.91 Å². The molecule has 2 N–H and O–H groups in total. The number of thiazole rings is 1. The zero-order valence-electron chi connectivity index (χ0n) is 20.5. The summed E-state index contributed by atoms with van der Waals surface area (Å²) in [6.45, 7) is 9.09. The molecule has 2 unspecified atom stereocenters. The van der Waals surface area contributed by atoms with Crippen LogP contribution in [0.5, 0.6) is 0 Å². The van der Waals surface area contributed by atoms with Crippen LogP contribution < -0.4 is 10.6 Å². The highest BCUT2D eigenvalue weighted by Gasteiger charge is 2.28. The molecule has 182 valence electrons. The maximum absolute atomic E-state index is 13.6. The van der Waals surface area contributed by atoms with Gasteiger partial charge in [-0.25, -0.2) is 9.37 Å². The molecular formula is C27H40FN3OS. The topological polar surface area (TPSA) is 54.0 Å². The summed E-state index contributed by atoms with van der Waals surface area (Å²) in [5.41, 5.74) is 4.50. The van der Waals surface area contributed by atoms with Gasteiger partial charge in [0, 0.05) is 14.0 Å². The maximum Gasteiger partial charge on any atom is 0.280 e. The summed E-state index contributed by atoms with van der Waals surface area (Å²) in [6.07, 6.45) is 10.4. The van der Waals surface area contributed by atoms with E-state index in [1.807, 2.05) is 19.9 Å². The molecule has 1 aromatic carbocycles. The van der Waals surface area contributed by atoms with E-state index < -0.39 is 0 Å². The highest BCUT2D eigenvalue weighted by atomic mass is 32.1. The van der Waals surface area contributed by atoms with Gasteiger partial charge in [-0.15, -0.1) is 0 Å². The molecule has 0 bridgehead atoms. The number of nitrogens with one attached hydrogen (secondary N) is 2. The molecule has 4 nitrogen and oxygen atoms in total. The predicted molar refractivity (Wildman–Crippen MR) is 140 cm³/mol. The van der Waals surface area contributed by atoms with Crippen LogP contribution in [0.2, 0.25) is 0 Å². The second kappa shape index (κ2) is 12.3. The number of aryl methyl sites for hydroxylation is 1. The fourth-order valence-electron chi connectivity index (χ4n) is 4.78. The lowest BCUT2D eigenvalue weighted by molar-refractivity contribution is 0.0931. The number of allylic oxidation sites excluding steroid dienone is 1. The predicted octanol–water partition coefficient (Wildman–Crippen LogP) is 7.57. The Morgan fingerprint density at radius 3 is 2.88 bits per heavy atom. The third-order valence-electron chi connectivity index (χ3n) is 6.39. The maximum atomic E-state index is 13.6. The van der Waals surface area contributed by atoms with E-state index in [4.69, 9.17) is 4.98 Å². The van der Waals surface area contributed by atoms with Gasteiger partial charge in [-0.2, -0.15) is 0 Å². The van der Waals surface area contributed by atoms with Crippen LogP contribution in [0.25, 0.3) is 5.57 Å². The molecular weight excluding hydrogens is 433 g/mol. The molecule has 2 heterocycles. The van der Waals surface area contributed by atoms with E-state index in [1.165, 1.54) is 22.5 Å². The quantitative estimate of drug-likeness (QED) is 0.395. The first-order valence-corrected chi connectivity index (χ1v) is 13.4. The molecule has 2 aliphatic rings. The number of hydrogen-bond donors (Lipinski definition) is 2. The van der Waals surface area contributed by atoms with E-state index in [1.54, 1.807) is 12.1 Å². The van der Waals surface area contributed by atoms with Crippen molar-refractivity contribution in [2.24, 2.45) is 0 Å². The van der Waals surface area contributed by atoms with E-state index in [2.05, 4.69) is 30.6 Å². The summed E-state index contributed by atoms with van der Waals surface area (Å²) in [4.78, 5) is 17.7. The molecule has 0 spiro atoms. The van der Waals surface area contributed by atoms with Crippen LogP contribution in [0.1, 0.15) is 107 Å². The molecule has 1 aromatic heterocycles. The van der Waals surface area contributed by atoms with E-state index in [-0.39, 0.29) is 19.2 Å². The summed E-state index contributed by atoms with van der Waals surface area (Å²) in [5, 5.41) is 8.12. The molecule has 1 aliphatic heterocycles. The Morgan fingerprint density at radius 2 is 2.12 bits per heavy atom. The van der Waals surface area contributed by atoms with Crippen LogP contribution in [0.4, 0.5) is 9.39 Å². The lowest BCUT2D eigenvalue weighted by Gasteiger charge is -2.18. The largest absolute Gasteiger partial charge is 0.372 e. The van der Waals surface area contributed by atoms with Crippen LogP contribution in [0.15, 0.2) is 24.3 Å². The fourth-order valence-corrected chi connectivity index (χ4v) is 5.70. The van der Waals surface area contributed by atoms with Crippen LogP contribution in [-0.4, -0.2) is 23.5 Å². The molecule has 1 amide bonds. The first kappa shape index (κ1) is 25.4. The summed E-state index contributed by atoms with van der Waals surface area (Å²) >= 11 is 1.45. The molecule has 6 heteroatoms. The Labute approximate surface area is 203 Å². The molecule has 4 rings (SSSR count). The molecule has 2 aromatic rings. The van der Waals surface area contributed by atoms with Gasteiger partial charge in [0.1, 0.15) is 16.5 Å². The van der Waals surface area contributed by atoms with E-state index in [0.29, 0.717) is 10.9 Å². The Kier molecular flexibility index (Phi) is 9.48. The number of carbonyl (C=O) groups is 1. The number of anilines is 1. The van der Waals surface area contributed by atoms with Gasteiger partial charge in [0.15, 0.2) is 5.01 Å². The second-order valence-corrected chi connectivity index (χ2v) is 9.69. The Bertz CT molecular complexity index is 975. The molecule has 0 fully saturated rings. The minimum absolute atomic E-state index is 0. The number of aromatic nitrogens is 1. The van der Waals surface area contributed by atoms with E-state index >= 15 is 0 Å². The normalized spacial score (nSPS) is 17.1. The van der Waals surface area contributed by atoms with Crippen molar-refractivity contribution in [3.05, 3.63) is 51.9 Å². The number of carbonyl (C=O) groups excluding carboxylic acids is 1. The highest BCUT2D eigenvalue weighted by Crippen LogP contribution is 2.42. The number of halogens is 1. The summed E-state index contributed by atoms with van der Waals surface area (Å²) in [6, 6.07) is 5.40. The van der Waals surface area contributed by atoms with E-state index in [9.17, 15) is 9.18 Å². The number of unbranched alkanes of at least 4 members (excludes halogenated alkanes) is 1. The van der Waals surface area contributed by atoms with Crippen molar-refractivity contribution < 1.29 is 10.6 Å². The first-order valence-electron chi connectivity index (χ1n) is 12.6. The first-order chi connectivity index (χ1) is 16.1. The molecule has 1 aliphatic carbocycles. The average Bonchev–Trinajstić information content (AvgIpc) is 3.43. The number of amides is 1. The van der Waals surface area contributed by atoms with Crippen molar-refractivity contribution >= 4 is 27.8 Å². The van der Waals surface area contributed by atoms with Crippen molar-refractivity contribution in [1.29, 1.82) is 0 Å². The zero-order chi connectivity index (χ0) is 23.8. The monoisotopic (exact) mass is 473 g/mol. The third kappa shape index (κ3) is 6.23. The smallest absolute Gasteiger partial charge is 0.280 e. The van der Waals surface area contributed by atoms with Gasteiger partial charge in [0.05, 0.1) is 0 Å². The van der Waals surface area contributed by atoms with Gasteiger partial charge in [-0.1, -0.05) is 70.4 Å². The minimum Gasteiger partial charge on any atom is -0.372 e. The van der Waals surface area contributed by atoms with Crippen molar-refractivity contribution in [2.75, 3.05) is 11.9 Å². The number of rotatable bonds is 9. The van der Waals surface area contributed by atoms with Gasteiger partial charge >= 0.3 is 0 Å². The standard InChI is InChI=1S/C25H32FN3OS.C2H6.H2/c1-3-5-7-20(6-4-2)28-23(30)25-29-22-18(12-13-27-24(22)31-25)14-16-8-9-17-15-19(26)10-11-21(16)17;1-2;/h10-12,15-16,20,27H,3-9,13-14H2,1-2H3,(H,28,30);1-2H3;1H. The van der Waals surface area contributed by atoms with Crippen LogP contribution in [0, 0.1) is 5.82 Å². The lowest BCUT2D eigenvalue weighted by Crippen LogP contribution is -2.34. The molecule has 0 saturated heterocycles. The van der Waals surface area contributed by atoms with Crippen molar-refractivity contribution in [3.8, 4) is 0 Å². The zero-order valence-corrected chi connectivity index (χ0v) is 21.3. The fraction of sp³-hybridized carbons (Fsp3) is 0.556. The summed E-state index contributed by atoms with van der Waals surface area (Å²) in [5.74, 6) is 0.171. The number of hydrogen-bond acceptors (Lipinski definition) is 4. The lowest BCUT2D eigenvalue weighted by atomic mass is 9.91. The van der Waals surface area contributed by atoms with Crippen molar-refractivity contribution in [3.63, 3.8) is 0 Å². The van der Waals surface area contributed by atoms with Gasteiger partial charge < -0.3 is 10.6 Å². The van der Waals surface area contributed by atoms with Crippen LogP contribution >= 0.6 is 11.3 Å². The van der Waals surface area contributed by atoms with Gasteiger partial charge in [-0.3, -0.25) is 4.79 Å². The third-order valence-corrected chi connectivity index (χ3v) is 7.40. The molecule has 33 heavy (non-hydrogen) atoms. The molecule has 0 radical (unpaired) electrons. The Balaban J connectivity index is 0.00000133. The molecule has 2 atom stereocenters. The van der Waals surface area contributed by atoms with Gasteiger partial charge in [-0.05, 0) is 66.9 Å². The average molecular weight is 474 g/mol. The summed E-state index contributed by atoms with van der Waals surface area (Å²) in [7, 11) is 0. The summed E-state index contributed by atoms with van der Waals surface area (Å²) < 4.78 is 13.6. The van der Waals surface area contributed by atoms with Crippen LogP contribution in [-0.2, 0) is 6.42 Å². The highest BCUT2D eigenvalue weighted by molar-refractivity contribution is 7.17. The second-order valence-electron chi connectivity index (χ2n) is 8.69. The Morgan fingerprint density at radius 1 is 1.30 bits per heavy atom. The number of nitrogens with zero attached hydrogens (tertiary/aromatic N) is 1. The SMILES string of the molecule is CC.CCCCC(CCC)NC(=O)c1nc2c(s1)NCC=C2CC1CCc2cc(F)ccc21.[HH]. The number of benzene rings is 1. The Hall–Kier alpha value is -2.21. The van der Waals surface area contributed by atoms with E-state index in [0.717, 1.165) is 74.2 Å².